The van der Waals surface area contributed by atoms with Gasteiger partial charge in [-0.05, 0) is 35.4 Å². The molecule has 0 fully saturated rings. The molecule has 6 nitrogen and oxygen atoms in total. The van der Waals surface area contributed by atoms with Crippen molar-refractivity contribution in [1.82, 2.24) is 20.2 Å². The molecule has 1 N–H and O–H groups in total. The molecule has 18 heavy (non-hydrogen) atoms. The van der Waals surface area contributed by atoms with Gasteiger partial charge >= 0.3 is 0 Å². The quantitative estimate of drug-likeness (QED) is 0.866. The molecule has 0 aliphatic heterocycles. The Labute approximate surface area is 105 Å². The van der Waals surface area contributed by atoms with Crippen LogP contribution in [0.2, 0.25) is 0 Å². The maximum atomic E-state index is 10.1. The van der Waals surface area contributed by atoms with Gasteiger partial charge in [0.15, 0.2) is 5.82 Å². The van der Waals surface area contributed by atoms with Gasteiger partial charge in [0, 0.05) is 6.42 Å². The summed E-state index contributed by atoms with van der Waals surface area (Å²) >= 11 is 0. The van der Waals surface area contributed by atoms with Crippen LogP contribution in [0.4, 0.5) is 0 Å². The van der Waals surface area contributed by atoms with E-state index in [1.54, 1.807) is 14.2 Å². The molecule has 96 valence electrons. The van der Waals surface area contributed by atoms with E-state index in [2.05, 4.69) is 15.4 Å². The third-order valence-corrected chi connectivity index (χ3v) is 2.73. The molecular formula is C12H16N4O2. The van der Waals surface area contributed by atoms with E-state index in [4.69, 9.17) is 4.74 Å². The lowest BCUT2D eigenvalue weighted by Crippen LogP contribution is -2.04. The van der Waals surface area contributed by atoms with Gasteiger partial charge in [-0.3, -0.25) is 0 Å². The van der Waals surface area contributed by atoms with Crippen molar-refractivity contribution in [1.29, 1.82) is 0 Å². The summed E-state index contributed by atoms with van der Waals surface area (Å²) in [5, 5.41) is 21.7. The number of aliphatic hydroxyl groups excluding tert-OH is 1. The minimum absolute atomic E-state index is 0.347. The van der Waals surface area contributed by atoms with Crippen molar-refractivity contribution in [2.24, 2.45) is 7.05 Å². The Bertz CT molecular complexity index is 539. The molecule has 1 unspecified atom stereocenters. The van der Waals surface area contributed by atoms with E-state index < -0.39 is 6.10 Å². The molecule has 2 rings (SSSR count). The maximum absolute atomic E-state index is 10.1. The van der Waals surface area contributed by atoms with E-state index in [-0.39, 0.29) is 0 Å². The average molecular weight is 248 g/mol. The van der Waals surface area contributed by atoms with Gasteiger partial charge in [-0.15, -0.1) is 10.2 Å². The molecule has 0 saturated heterocycles. The zero-order valence-electron chi connectivity index (χ0n) is 10.7. The molecule has 0 aliphatic carbocycles. The van der Waals surface area contributed by atoms with Crippen LogP contribution in [0.15, 0.2) is 18.2 Å². The van der Waals surface area contributed by atoms with Gasteiger partial charge in [-0.25, -0.2) is 0 Å². The van der Waals surface area contributed by atoms with E-state index in [0.717, 1.165) is 16.9 Å². The molecule has 2 aromatic rings. The Hall–Kier alpha value is -1.95. The second-order valence-corrected chi connectivity index (χ2v) is 4.14. The van der Waals surface area contributed by atoms with Crippen LogP contribution in [0.25, 0.3) is 0 Å². The zero-order chi connectivity index (χ0) is 13.1. The summed E-state index contributed by atoms with van der Waals surface area (Å²) in [4.78, 5) is 1.38. The summed E-state index contributed by atoms with van der Waals surface area (Å²) in [5.41, 5.74) is 1.81. The molecular weight excluding hydrogens is 232 g/mol. The third-order valence-electron chi connectivity index (χ3n) is 2.73. The van der Waals surface area contributed by atoms with E-state index in [9.17, 15) is 5.11 Å². The Morgan fingerprint density at radius 1 is 1.44 bits per heavy atom. The third kappa shape index (κ3) is 2.65. The first-order chi connectivity index (χ1) is 8.60. The normalized spacial score (nSPS) is 12.4. The van der Waals surface area contributed by atoms with Gasteiger partial charge in [0.05, 0.1) is 20.3 Å². The summed E-state index contributed by atoms with van der Waals surface area (Å²) in [6.45, 7) is 1.94. The standard InChI is InChI=1S/C12H16N4O2/c1-8-6-9(4-5-11(8)18-3)10(17)7-12-13-15-16(2)14-12/h4-6,10,17H,7H2,1-3H3. The molecule has 0 saturated carbocycles. The number of nitrogens with zero attached hydrogens (tertiary/aromatic N) is 4. The number of aromatic nitrogens is 4. The van der Waals surface area contributed by atoms with Crippen molar-refractivity contribution in [3.63, 3.8) is 0 Å². The Balaban J connectivity index is 2.13. The fourth-order valence-electron chi connectivity index (χ4n) is 1.80. The first kappa shape index (κ1) is 12.5. The van der Waals surface area contributed by atoms with Crippen molar-refractivity contribution in [3.8, 4) is 5.75 Å². The van der Waals surface area contributed by atoms with Crippen LogP contribution in [0.3, 0.4) is 0 Å². The number of benzene rings is 1. The molecule has 0 aliphatic rings. The van der Waals surface area contributed by atoms with Crippen LogP contribution in [-0.2, 0) is 13.5 Å². The van der Waals surface area contributed by atoms with Crippen LogP contribution in [0.1, 0.15) is 23.1 Å². The number of aliphatic hydroxyl groups is 1. The number of tetrazole rings is 1. The minimum atomic E-state index is -0.640. The Morgan fingerprint density at radius 3 is 2.78 bits per heavy atom. The van der Waals surface area contributed by atoms with Crippen molar-refractivity contribution in [2.75, 3.05) is 7.11 Å². The smallest absolute Gasteiger partial charge is 0.177 e. The molecule has 0 amide bonds. The highest BCUT2D eigenvalue weighted by molar-refractivity contribution is 5.37. The zero-order valence-corrected chi connectivity index (χ0v) is 10.7. The van der Waals surface area contributed by atoms with Crippen molar-refractivity contribution < 1.29 is 9.84 Å². The van der Waals surface area contributed by atoms with Crippen molar-refractivity contribution >= 4 is 0 Å². The molecule has 1 heterocycles. The largest absolute Gasteiger partial charge is 0.496 e. The summed E-state index contributed by atoms with van der Waals surface area (Å²) < 4.78 is 5.18. The summed E-state index contributed by atoms with van der Waals surface area (Å²) in [6, 6.07) is 5.59. The minimum Gasteiger partial charge on any atom is -0.496 e. The predicted molar refractivity (Wildman–Crippen MR) is 65.2 cm³/mol. The van der Waals surface area contributed by atoms with E-state index in [1.165, 1.54) is 4.80 Å². The highest BCUT2D eigenvalue weighted by atomic mass is 16.5. The highest BCUT2D eigenvalue weighted by Gasteiger charge is 2.13. The van der Waals surface area contributed by atoms with Gasteiger partial charge in [-0.2, -0.15) is 4.80 Å². The summed E-state index contributed by atoms with van der Waals surface area (Å²) in [5.74, 6) is 1.34. The first-order valence-corrected chi connectivity index (χ1v) is 5.65. The summed E-state index contributed by atoms with van der Waals surface area (Å²) in [7, 11) is 3.32. The SMILES string of the molecule is COc1ccc(C(O)Cc2nnn(C)n2)cc1C. The molecule has 0 spiro atoms. The molecule has 1 aromatic heterocycles. The van der Waals surface area contributed by atoms with Crippen LogP contribution < -0.4 is 4.74 Å². The van der Waals surface area contributed by atoms with Crippen LogP contribution in [0.5, 0.6) is 5.75 Å². The second kappa shape index (κ2) is 5.14. The van der Waals surface area contributed by atoms with Gasteiger partial charge in [0.25, 0.3) is 0 Å². The van der Waals surface area contributed by atoms with Crippen LogP contribution in [-0.4, -0.2) is 32.4 Å². The number of aryl methyl sites for hydroxylation is 2. The number of rotatable bonds is 4. The number of methoxy groups -OCH3 is 1. The van der Waals surface area contributed by atoms with E-state index in [0.29, 0.717) is 12.2 Å². The lowest BCUT2D eigenvalue weighted by molar-refractivity contribution is 0.175. The molecule has 6 heteroatoms. The number of hydrogen-bond acceptors (Lipinski definition) is 5. The van der Waals surface area contributed by atoms with Gasteiger partial charge in [0.2, 0.25) is 0 Å². The Morgan fingerprint density at radius 2 is 2.22 bits per heavy atom. The average Bonchev–Trinajstić information content (AvgIpc) is 2.74. The van der Waals surface area contributed by atoms with Gasteiger partial charge in [0.1, 0.15) is 5.75 Å². The fraction of sp³-hybridized carbons (Fsp3) is 0.417. The number of ether oxygens (including phenoxy) is 1. The first-order valence-electron chi connectivity index (χ1n) is 5.65. The van der Waals surface area contributed by atoms with Gasteiger partial charge in [-0.1, -0.05) is 6.07 Å². The van der Waals surface area contributed by atoms with Gasteiger partial charge < -0.3 is 9.84 Å². The second-order valence-electron chi connectivity index (χ2n) is 4.14. The number of hydrogen-bond donors (Lipinski definition) is 1. The predicted octanol–water partition coefficient (Wildman–Crippen LogP) is 0.803. The molecule has 1 aromatic carbocycles. The lowest BCUT2D eigenvalue weighted by atomic mass is 10.0. The van der Waals surface area contributed by atoms with Crippen LogP contribution in [0, 0.1) is 6.92 Å². The summed E-state index contributed by atoms with van der Waals surface area (Å²) in [6.07, 6.45) is -0.293. The maximum Gasteiger partial charge on any atom is 0.177 e. The topological polar surface area (TPSA) is 73.1 Å². The van der Waals surface area contributed by atoms with Crippen molar-refractivity contribution in [2.45, 2.75) is 19.4 Å². The fourth-order valence-corrected chi connectivity index (χ4v) is 1.80. The van der Waals surface area contributed by atoms with Crippen LogP contribution >= 0.6 is 0 Å². The Kier molecular flexibility index (Phi) is 3.57. The monoisotopic (exact) mass is 248 g/mol. The van der Waals surface area contributed by atoms with Crippen molar-refractivity contribution in [3.05, 3.63) is 35.2 Å². The van der Waals surface area contributed by atoms with E-state index in [1.807, 2.05) is 25.1 Å². The molecule has 0 radical (unpaired) electrons. The molecule has 0 bridgehead atoms. The molecule has 1 atom stereocenters. The highest BCUT2D eigenvalue weighted by Crippen LogP contribution is 2.23. The van der Waals surface area contributed by atoms with E-state index >= 15 is 0 Å². The lowest BCUT2D eigenvalue weighted by Gasteiger charge is -2.11.